The fourth-order valence-corrected chi connectivity index (χ4v) is 1.57. The van der Waals surface area contributed by atoms with Gasteiger partial charge in [-0.15, -0.1) is 0 Å². The summed E-state index contributed by atoms with van der Waals surface area (Å²) in [6.07, 6.45) is 0. The fraction of sp³-hybridized carbons (Fsp3) is 0.300. The summed E-state index contributed by atoms with van der Waals surface area (Å²) in [5.41, 5.74) is 0.235. The second kappa shape index (κ2) is 4.04. The molecule has 2 rings (SSSR count). The molecule has 0 atom stereocenters. The Balaban J connectivity index is 2.44. The first kappa shape index (κ1) is 13.0. The van der Waals surface area contributed by atoms with Crippen LogP contribution in [0, 0.1) is 0 Å². The third-order valence-corrected chi connectivity index (χ3v) is 2.89. The third-order valence-electron chi connectivity index (χ3n) is 2.89. The van der Waals surface area contributed by atoms with Crippen molar-refractivity contribution in [2.75, 3.05) is 6.79 Å². The zero-order valence-electron chi connectivity index (χ0n) is 9.42. The number of hydrogen-bond donors (Lipinski definition) is 1. The molecule has 0 saturated carbocycles. The van der Waals surface area contributed by atoms with E-state index in [4.69, 9.17) is 46.0 Å². The van der Waals surface area contributed by atoms with Crippen molar-refractivity contribution in [3.8, 4) is 11.5 Å². The van der Waals surface area contributed by atoms with Crippen LogP contribution in [-0.4, -0.2) is 49.3 Å². The first-order valence-corrected chi connectivity index (χ1v) is 5.06. The molecular formula is C10H6B4O4. The molecule has 4 nitrogen and oxygen atoms in total. The lowest BCUT2D eigenvalue weighted by Gasteiger charge is -2.41. The number of aliphatic carboxylic acids is 1. The highest BCUT2D eigenvalue weighted by Gasteiger charge is 2.42. The van der Waals surface area contributed by atoms with E-state index in [0.29, 0.717) is 11.5 Å². The predicted molar refractivity (Wildman–Crippen MR) is 67.6 cm³/mol. The molecule has 0 amide bonds. The van der Waals surface area contributed by atoms with Gasteiger partial charge in [0.1, 0.15) is 0 Å². The number of carbonyl (C=O) groups is 1. The zero-order valence-corrected chi connectivity index (χ0v) is 9.42. The smallest absolute Gasteiger partial charge is 0.291 e. The summed E-state index contributed by atoms with van der Waals surface area (Å²) in [7, 11) is 22.5. The van der Waals surface area contributed by atoms with E-state index in [1.165, 1.54) is 12.1 Å². The SMILES string of the molecule is [B]C([B])(C(=O)O)C([B])([B])c1ccc2c(c1)OCO2. The third kappa shape index (κ3) is 1.80. The van der Waals surface area contributed by atoms with Crippen molar-refractivity contribution >= 4 is 37.4 Å². The zero-order chi connectivity index (χ0) is 13.6. The van der Waals surface area contributed by atoms with Crippen molar-refractivity contribution in [1.82, 2.24) is 0 Å². The Morgan fingerprint density at radius 3 is 2.39 bits per heavy atom. The summed E-state index contributed by atoms with van der Waals surface area (Å²) in [5.74, 6) is -0.580. The molecule has 0 saturated heterocycles. The van der Waals surface area contributed by atoms with Crippen LogP contribution in [0.5, 0.6) is 11.5 Å². The molecule has 0 aromatic heterocycles. The summed E-state index contributed by atoms with van der Waals surface area (Å²) in [6, 6.07) is 4.51. The van der Waals surface area contributed by atoms with Crippen LogP contribution >= 0.6 is 0 Å². The number of ether oxygens (including phenoxy) is 2. The van der Waals surface area contributed by atoms with E-state index < -0.39 is 16.4 Å². The van der Waals surface area contributed by atoms with Gasteiger partial charge >= 0.3 is 0 Å². The lowest BCUT2D eigenvalue weighted by molar-refractivity contribution is -0.138. The molecular weight excluding hydrogens is 227 g/mol. The monoisotopic (exact) mass is 234 g/mol. The minimum Gasteiger partial charge on any atom is -0.482 e. The highest BCUT2D eigenvalue weighted by Crippen LogP contribution is 2.42. The first-order valence-electron chi connectivity index (χ1n) is 5.06. The quantitative estimate of drug-likeness (QED) is 0.711. The van der Waals surface area contributed by atoms with Crippen LogP contribution < -0.4 is 9.47 Å². The summed E-state index contributed by atoms with van der Waals surface area (Å²) in [5, 5.41) is 4.69. The van der Waals surface area contributed by atoms with Crippen molar-refractivity contribution in [2.45, 2.75) is 10.4 Å². The normalized spacial score (nSPS) is 14.4. The molecule has 0 bridgehead atoms. The van der Waals surface area contributed by atoms with Crippen LogP contribution in [0.3, 0.4) is 0 Å². The van der Waals surface area contributed by atoms with E-state index in [0.717, 1.165) is 0 Å². The van der Waals surface area contributed by atoms with Crippen LogP contribution in [0.4, 0.5) is 0 Å². The van der Waals surface area contributed by atoms with Crippen LogP contribution in [0.25, 0.3) is 0 Å². The Kier molecular flexibility index (Phi) is 2.92. The van der Waals surface area contributed by atoms with Gasteiger partial charge in [0, 0.05) is 0 Å². The average molecular weight is 233 g/mol. The van der Waals surface area contributed by atoms with Crippen molar-refractivity contribution < 1.29 is 19.4 Å². The lowest BCUT2D eigenvalue weighted by atomic mass is 9.28. The van der Waals surface area contributed by atoms with Gasteiger partial charge in [-0.3, -0.25) is 4.79 Å². The van der Waals surface area contributed by atoms with Gasteiger partial charge in [-0.2, -0.15) is 0 Å². The van der Waals surface area contributed by atoms with Gasteiger partial charge < -0.3 is 14.6 Å². The molecule has 1 N–H and O–H groups in total. The van der Waals surface area contributed by atoms with E-state index in [-0.39, 0.29) is 12.4 Å². The molecule has 1 heterocycles. The fourth-order valence-electron chi connectivity index (χ4n) is 1.57. The number of fused-ring (bicyclic) bond motifs is 1. The molecule has 8 heteroatoms. The van der Waals surface area contributed by atoms with E-state index in [2.05, 4.69) is 0 Å². The number of benzene rings is 1. The maximum Gasteiger partial charge on any atom is 0.291 e. The Hall–Kier alpha value is -1.45. The molecule has 1 aromatic rings. The second-order valence-corrected chi connectivity index (χ2v) is 4.11. The molecule has 0 spiro atoms. The summed E-state index contributed by atoms with van der Waals surface area (Å²) in [6.45, 7) is 0.0796. The number of carboxylic acid groups (broad SMARTS) is 1. The van der Waals surface area contributed by atoms with Crippen LogP contribution in [0.1, 0.15) is 5.56 Å². The van der Waals surface area contributed by atoms with E-state index in [1.54, 1.807) is 6.07 Å². The van der Waals surface area contributed by atoms with Crippen LogP contribution in [0.2, 0.25) is 5.21 Å². The largest absolute Gasteiger partial charge is 0.482 e. The minimum atomic E-state index is -2.32. The molecule has 1 aromatic carbocycles. The molecule has 18 heavy (non-hydrogen) atoms. The van der Waals surface area contributed by atoms with Gasteiger partial charge in [0.15, 0.2) is 11.5 Å². The standard InChI is InChI=1S/C10H6B4O4/c11-9(12,10(13,14)8(15)16)5-1-2-6-7(3-5)18-4-17-6/h1-3H,4H2,(H,15,16). The van der Waals surface area contributed by atoms with Crippen molar-refractivity contribution in [2.24, 2.45) is 0 Å². The Morgan fingerprint density at radius 2 is 1.78 bits per heavy atom. The molecule has 0 fully saturated rings. The van der Waals surface area contributed by atoms with Crippen molar-refractivity contribution in [3.05, 3.63) is 23.8 Å². The maximum absolute atomic E-state index is 11.0. The average Bonchev–Trinajstić information content (AvgIpc) is 2.75. The molecule has 1 aliphatic heterocycles. The topological polar surface area (TPSA) is 55.8 Å². The number of hydrogen-bond acceptors (Lipinski definition) is 3. The summed E-state index contributed by atoms with van der Waals surface area (Å²) < 4.78 is 10.3. The van der Waals surface area contributed by atoms with Crippen molar-refractivity contribution in [1.29, 1.82) is 0 Å². The Morgan fingerprint density at radius 1 is 1.17 bits per heavy atom. The molecule has 1 aliphatic rings. The van der Waals surface area contributed by atoms with Gasteiger partial charge in [-0.1, -0.05) is 16.8 Å². The molecule has 0 unspecified atom stereocenters. The van der Waals surface area contributed by atoms with E-state index >= 15 is 0 Å². The minimum absolute atomic E-state index is 0.0796. The van der Waals surface area contributed by atoms with Gasteiger partial charge in [0.2, 0.25) is 6.79 Å². The second-order valence-electron chi connectivity index (χ2n) is 4.11. The maximum atomic E-state index is 11.0. The van der Waals surface area contributed by atoms with Crippen molar-refractivity contribution in [3.63, 3.8) is 0 Å². The van der Waals surface area contributed by atoms with Gasteiger partial charge in [-0.25, -0.2) is 0 Å². The lowest BCUT2D eigenvalue weighted by Crippen LogP contribution is -2.47. The number of rotatable bonds is 3. The van der Waals surface area contributed by atoms with Gasteiger partial charge in [0.25, 0.3) is 5.97 Å². The summed E-state index contributed by atoms with van der Waals surface area (Å²) in [4.78, 5) is 11.0. The van der Waals surface area contributed by atoms with Crippen LogP contribution in [0.15, 0.2) is 18.2 Å². The summed E-state index contributed by atoms with van der Waals surface area (Å²) >= 11 is 0. The van der Waals surface area contributed by atoms with Gasteiger partial charge in [-0.05, 0) is 17.3 Å². The van der Waals surface area contributed by atoms with E-state index in [1.807, 2.05) is 0 Å². The molecule has 0 aliphatic carbocycles. The van der Waals surface area contributed by atoms with Crippen LogP contribution in [-0.2, 0) is 10.0 Å². The number of carboxylic acids is 1. The first-order chi connectivity index (χ1) is 8.26. The van der Waals surface area contributed by atoms with E-state index in [9.17, 15) is 4.79 Å². The molecule has 82 valence electrons. The molecule has 8 radical (unpaired) electrons. The predicted octanol–water partition coefficient (Wildman–Crippen LogP) is -0.557. The Labute approximate surface area is 110 Å². The van der Waals surface area contributed by atoms with Gasteiger partial charge in [0.05, 0.1) is 31.4 Å². The highest BCUT2D eigenvalue weighted by atomic mass is 16.7. The Bertz CT molecular complexity index is 501. The highest BCUT2D eigenvalue weighted by molar-refractivity contribution is 6.60.